The molecule has 1 fully saturated rings. The second-order valence-corrected chi connectivity index (χ2v) is 10.4. The molecule has 1 aromatic heterocycles. The molecule has 1 aliphatic rings. The van der Waals surface area contributed by atoms with Crippen LogP contribution in [0.15, 0.2) is 36.4 Å². The topological polar surface area (TPSA) is 47.0 Å². The molecule has 3 nitrogen and oxygen atoms in total. The SMILES string of the molecule is Cc1cccc(C)c1CCC(=O)c1ccc2nc(CCC(=O)CCC3CCCC3)sc2c1. The summed E-state index contributed by atoms with van der Waals surface area (Å²) in [5.41, 5.74) is 5.46. The van der Waals surface area contributed by atoms with E-state index in [1.165, 1.54) is 42.4 Å². The maximum absolute atomic E-state index is 12.8. The van der Waals surface area contributed by atoms with E-state index in [1.807, 2.05) is 18.2 Å². The molecule has 0 aliphatic heterocycles. The minimum absolute atomic E-state index is 0.173. The molecule has 0 amide bonds. The first kappa shape index (κ1) is 22.8. The van der Waals surface area contributed by atoms with E-state index in [-0.39, 0.29) is 5.78 Å². The molecular weight excluding hydrogens is 414 g/mol. The third-order valence-corrected chi connectivity index (χ3v) is 8.00. The van der Waals surface area contributed by atoms with E-state index in [0.29, 0.717) is 31.5 Å². The van der Waals surface area contributed by atoms with Crippen LogP contribution in [-0.2, 0) is 17.6 Å². The summed E-state index contributed by atoms with van der Waals surface area (Å²) in [6.45, 7) is 4.22. The molecule has 1 heterocycles. The second-order valence-electron chi connectivity index (χ2n) is 9.31. The molecule has 3 aromatic rings. The number of nitrogens with zero attached hydrogens (tertiary/aromatic N) is 1. The Morgan fingerprint density at radius 3 is 2.47 bits per heavy atom. The highest BCUT2D eigenvalue weighted by molar-refractivity contribution is 7.18. The number of rotatable bonds is 10. The summed E-state index contributed by atoms with van der Waals surface area (Å²) in [4.78, 5) is 29.8. The number of carbonyl (C=O) groups excluding carboxylic acids is 2. The summed E-state index contributed by atoms with van der Waals surface area (Å²) in [6, 6.07) is 12.1. The summed E-state index contributed by atoms with van der Waals surface area (Å²) in [6.07, 6.45) is 9.62. The van der Waals surface area contributed by atoms with Gasteiger partial charge in [-0.2, -0.15) is 0 Å². The van der Waals surface area contributed by atoms with Crippen LogP contribution in [0.4, 0.5) is 0 Å². The lowest BCUT2D eigenvalue weighted by atomic mass is 9.96. The van der Waals surface area contributed by atoms with Crippen molar-refractivity contribution in [3.05, 3.63) is 63.7 Å². The van der Waals surface area contributed by atoms with E-state index in [4.69, 9.17) is 4.98 Å². The Kier molecular flexibility index (Phi) is 7.51. The Morgan fingerprint density at radius 1 is 0.969 bits per heavy atom. The molecule has 168 valence electrons. The molecular formula is C28H33NO2S. The Bertz CT molecular complexity index is 1090. The molecule has 4 rings (SSSR count). The van der Waals surface area contributed by atoms with Gasteiger partial charge in [0, 0.05) is 31.2 Å². The predicted octanol–water partition coefficient (Wildman–Crippen LogP) is 7.20. The zero-order valence-electron chi connectivity index (χ0n) is 19.3. The van der Waals surface area contributed by atoms with Crippen LogP contribution >= 0.6 is 11.3 Å². The maximum Gasteiger partial charge on any atom is 0.163 e. The number of ketones is 2. The van der Waals surface area contributed by atoms with Crippen LogP contribution in [0.1, 0.15) is 83.4 Å². The van der Waals surface area contributed by atoms with Crippen LogP contribution < -0.4 is 0 Å². The Balaban J connectivity index is 1.32. The number of carbonyl (C=O) groups is 2. The fourth-order valence-electron chi connectivity index (χ4n) is 4.91. The fraction of sp³-hybridized carbons (Fsp3) is 0.464. The number of benzene rings is 2. The number of hydrogen-bond donors (Lipinski definition) is 0. The monoisotopic (exact) mass is 447 g/mol. The normalized spacial score (nSPS) is 14.3. The Morgan fingerprint density at radius 2 is 1.72 bits per heavy atom. The van der Waals surface area contributed by atoms with Gasteiger partial charge in [-0.1, -0.05) is 43.9 Å². The van der Waals surface area contributed by atoms with Crippen molar-refractivity contribution in [2.75, 3.05) is 0 Å². The van der Waals surface area contributed by atoms with Gasteiger partial charge in [0.15, 0.2) is 5.78 Å². The minimum atomic E-state index is 0.173. The maximum atomic E-state index is 12.8. The minimum Gasteiger partial charge on any atom is -0.300 e. The molecule has 1 aliphatic carbocycles. The van der Waals surface area contributed by atoms with Crippen LogP contribution in [0.2, 0.25) is 0 Å². The van der Waals surface area contributed by atoms with Crippen molar-refractivity contribution in [3.63, 3.8) is 0 Å². The zero-order chi connectivity index (χ0) is 22.5. The van der Waals surface area contributed by atoms with Gasteiger partial charge in [0.05, 0.1) is 15.2 Å². The van der Waals surface area contributed by atoms with E-state index in [2.05, 4.69) is 32.0 Å². The highest BCUT2D eigenvalue weighted by atomic mass is 32.1. The van der Waals surface area contributed by atoms with Crippen molar-refractivity contribution in [2.45, 2.75) is 78.1 Å². The summed E-state index contributed by atoms with van der Waals surface area (Å²) in [5.74, 6) is 1.30. The van der Waals surface area contributed by atoms with Gasteiger partial charge in [-0.05, 0) is 67.5 Å². The van der Waals surface area contributed by atoms with Gasteiger partial charge < -0.3 is 0 Å². The number of aryl methyl sites for hydroxylation is 3. The standard InChI is InChI=1S/C28H33NO2S/c1-19-6-5-7-20(2)24(19)14-16-26(31)22-11-15-25-27(18-22)32-28(29-25)17-13-23(30)12-10-21-8-3-4-9-21/h5-7,11,15,18,21H,3-4,8-10,12-14,16-17H2,1-2H3. The van der Waals surface area contributed by atoms with E-state index in [9.17, 15) is 9.59 Å². The van der Waals surface area contributed by atoms with Crippen molar-refractivity contribution < 1.29 is 9.59 Å². The highest BCUT2D eigenvalue weighted by Gasteiger charge is 2.17. The Labute approximate surface area is 195 Å². The number of fused-ring (bicyclic) bond motifs is 1. The molecule has 0 atom stereocenters. The summed E-state index contributed by atoms with van der Waals surface area (Å²) >= 11 is 1.62. The largest absolute Gasteiger partial charge is 0.300 e. The number of thiazole rings is 1. The molecule has 32 heavy (non-hydrogen) atoms. The number of aromatic nitrogens is 1. The molecule has 0 saturated heterocycles. The van der Waals surface area contributed by atoms with Gasteiger partial charge in [0.1, 0.15) is 5.78 Å². The van der Waals surface area contributed by atoms with E-state index < -0.39 is 0 Å². The quantitative estimate of drug-likeness (QED) is 0.309. The van der Waals surface area contributed by atoms with Gasteiger partial charge in [-0.3, -0.25) is 9.59 Å². The summed E-state index contributed by atoms with van der Waals surface area (Å²) < 4.78 is 1.04. The van der Waals surface area contributed by atoms with Gasteiger partial charge in [0.25, 0.3) is 0 Å². The van der Waals surface area contributed by atoms with Gasteiger partial charge in [-0.25, -0.2) is 4.98 Å². The lowest BCUT2D eigenvalue weighted by molar-refractivity contribution is -0.119. The first-order valence-corrected chi connectivity index (χ1v) is 12.8. The van der Waals surface area contributed by atoms with Crippen molar-refractivity contribution in [1.82, 2.24) is 4.98 Å². The molecule has 0 N–H and O–H groups in total. The zero-order valence-corrected chi connectivity index (χ0v) is 20.1. The molecule has 1 saturated carbocycles. The third kappa shape index (κ3) is 5.72. The van der Waals surface area contributed by atoms with Crippen LogP contribution in [0.5, 0.6) is 0 Å². The van der Waals surface area contributed by atoms with Crippen molar-refractivity contribution in [2.24, 2.45) is 5.92 Å². The smallest absolute Gasteiger partial charge is 0.163 e. The first-order chi connectivity index (χ1) is 15.5. The van der Waals surface area contributed by atoms with Crippen LogP contribution in [0.3, 0.4) is 0 Å². The van der Waals surface area contributed by atoms with E-state index in [0.717, 1.165) is 39.5 Å². The van der Waals surface area contributed by atoms with Gasteiger partial charge in [0.2, 0.25) is 0 Å². The summed E-state index contributed by atoms with van der Waals surface area (Å²) in [7, 11) is 0. The first-order valence-electron chi connectivity index (χ1n) is 12.0. The molecule has 0 bridgehead atoms. The molecule has 0 unspecified atom stereocenters. The molecule has 2 aromatic carbocycles. The molecule has 4 heteroatoms. The van der Waals surface area contributed by atoms with Crippen LogP contribution in [0.25, 0.3) is 10.2 Å². The number of Topliss-reactive ketones (excluding diaryl/α,β-unsaturated/α-hetero) is 2. The average molecular weight is 448 g/mol. The van der Waals surface area contributed by atoms with E-state index in [1.54, 1.807) is 11.3 Å². The van der Waals surface area contributed by atoms with Crippen molar-refractivity contribution >= 4 is 33.1 Å². The van der Waals surface area contributed by atoms with Gasteiger partial charge >= 0.3 is 0 Å². The average Bonchev–Trinajstić information content (AvgIpc) is 3.44. The van der Waals surface area contributed by atoms with Crippen LogP contribution in [0, 0.1) is 19.8 Å². The summed E-state index contributed by atoms with van der Waals surface area (Å²) in [5, 5.41) is 0.995. The fourth-order valence-corrected chi connectivity index (χ4v) is 5.92. The highest BCUT2D eigenvalue weighted by Crippen LogP contribution is 2.29. The third-order valence-electron chi connectivity index (χ3n) is 6.93. The van der Waals surface area contributed by atoms with Crippen molar-refractivity contribution in [1.29, 1.82) is 0 Å². The lowest BCUT2D eigenvalue weighted by Gasteiger charge is -2.09. The van der Waals surface area contributed by atoms with E-state index >= 15 is 0 Å². The van der Waals surface area contributed by atoms with Gasteiger partial charge in [-0.15, -0.1) is 11.3 Å². The number of hydrogen-bond acceptors (Lipinski definition) is 4. The predicted molar refractivity (Wildman–Crippen MR) is 133 cm³/mol. The molecule has 0 radical (unpaired) electrons. The van der Waals surface area contributed by atoms with Crippen LogP contribution in [-0.4, -0.2) is 16.6 Å². The lowest BCUT2D eigenvalue weighted by Crippen LogP contribution is -2.03. The molecule has 0 spiro atoms. The second kappa shape index (κ2) is 10.5. The Hall–Kier alpha value is -2.33. The van der Waals surface area contributed by atoms with Crippen molar-refractivity contribution in [3.8, 4) is 0 Å².